The molecule has 0 aliphatic carbocycles. The Morgan fingerprint density at radius 1 is 1.19 bits per heavy atom. The fourth-order valence-electron chi connectivity index (χ4n) is 2.93. The molecule has 1 aliphatic rings. The van der Waals surface area contributed by atoms with E-state index in [0.717, 1.165) is 56.3 Å². The summed E-state index contributed by atoms with van der Waals surface area (Å²) in [5, 5.41) is 3.44. The Morgan fingerprint density at radius 2 is 1.95 bits per heavy atom. The zero-order chi connectivity index (χ0) is 15.1. The quantitative estimate of drug-likeness (QED) is 0.535. The first-order valence-corrected chi connectivity index (χ1v) is 7.81. The Morgan fingerprint density at radius 3 is 2.62 bits per heavy atom. The largest absolute Gasteiger partial charge is 0.355 e. The predicted octanol–water partition coefficient (Wildman–Crippen LogP) is 1.57. The van der Waals surface area contributed by atoms with Gasteiger partial charge < -0.3 is 15.2 Å². The third kappa shape index (κ3) is 4.25. The van der Waals surface area contributed by atoms with Crippen molar-refractivity contribution in [2.24, 2.45) is 0 Å². The van der Waals surface area contributed by atoms with Crippen LogP contribution in [-0.2, 0) is 6.42 Å². The van der Waals surface area contributed by atoms with Gasteiger partial charge in [-0.15, -0.1) is 0 Å². The Balaban J connectivity index is 1.68. The molecule has 0 amide bonds. The second-order valence-electron chi connectivity index (χ2n) is 5.69. The normalized spacial score (nSPS) is 15.5. The number of likely N-dealkylation sites (tertiary alicyclic amines) is 1. The maximum atomic E-state index is 11.1. The molecule has 5 nitrogen and oxygen atoms in total. The Hall–Kier alpha value is -1.46. The van der Waals surface area contributed by atoms with E-state index in [1.165, 1.54) is 25.9 Å². The third-order valence-corrected chi connectivity index (χ3v) is 4.24. The highest BCUT2D eigenvalue weighted by molar-refractivity contribution is 5.86. The fourth-order valence-corrected chi connectivity index (χ4v) is 2.93. The van der Waals surface area contributed by atoms with Crippen LogP contribution >= 0.6 is 0 Å². The monoisotopic (exact) mass is 291 g/mol. The minimum absolute atomic E-state index is 0.522. The summed E-state index contributed by atoms with van der Waals surface area (Å²) in [7, 11) is 0. The lowest BCUT2D eigenvalue weighted by atomic mass is 10.1. The van der Waals surface area contributed by atoms with Gasteiger partial charge in [-0.25, -0.2) is 0 Å². The van der Waals surface area contributed by atoms with Crippen molar-refractivity contribution in [2.45, 2.75) is 32.6 Å². The highest BCUT2D eigenvalue weighted by atomic mass is 16.1. The van der Waals surface area contributed by atoms with Gasteiger partial charge in [-0.05, 0) is 57.8 Å². The Labute approximate surface area is 126 Å². The van der Waals surface area contributed by atoms with Crippen LogP contribution in [0.25, 0.3) is 0 Å². The van der Waals surface area contributed by atoms with Crippen molar-refractivity contribution >= 4 is 12.6 Å². The second kappa shape index (κ2) is 8.10. The lowest BCUT2D eigenvalue weighted by Crippen LogP contribution is -2.30. The Kier molecular flexibility index (Phi) is 6.14. The molecule has 5 heteroatoms. The molecule has 1 aromatic rings. The van der Waals surface area contributed by atoms with Crippen LogP contribution in [0.3, 0.4) is 0 Å². The van der Waals surface area contributed by atoms with Gasteiger partial charge in [-0.2, -0.15) is 0 Å². The van der Waals surface area contributed by atoms with Crippen LogP contribution in [0.1, 0.15) is 51.4 Å². The number of nitrogens with one attached hydrogen (secondary N) is 2. The van der Waals surface area contributed by atoms with Gasteiger partial charge in [0.05, 0.1) is 5.69 Å². The number of carbonyl (C=O) groups excluding carboxylic acids is 2. The van der Waals surface area contributed by atoms with Crippen molar-refractivity contribution in [1.82, 2.24) is 15.2 Å². The summed E-state index contributed by atoms with van der Waals surface area (Å²) in [6.07, 6.45) is 6.03. The summed E-state index contributed by atoms with van der Waals surface area (Å²) < 4.78 is 0. The molecule has 2 N–H and O–H groups in total. The molecule has 0 radical (unpaired) electrons. The molecule has 0 bridgehead atoms. The summed E-state index contributed by atoms with van der Waals surface area (Å²) in [4.78, 5) is 27.5. The molecule has 0 saturated carbocycles. The van der Waals surface area contributed by atoms with Gasteiger partial charge in [-0.1, -0.05) is 0 Å². The van der Waals surface area contributed by atoms with Crippen molar-refractivity contribution in [1.29, 1.82) is 0 Å². The van der Waals surface area contributed by atoms with E-state index in [0.29, 0.717) is 11.3 Å². The van der Waals surface area contributed by atoms with Gasteiger partial charge in [-0.3, -0.25) is 9.59 Å². The second-order valence-corrected chi connectivity index (χ2v) is 5.69. The minimum atomic E-state index is 0.522. The van der Waals surface area contributed by atoms with Gasteiger partial charge in [0.15, 0.2) is 12.6 Å². The molecule has 1 aromatic heterocycles. The average molecular weight is 291 g/mol. The summed E-state index contributed by atoms with van der Waals surface area (Å²) >= 11 is 0. The van der Waals surface area contributed by atoms with Crippen molar-refractivity contribution in [3.05, 3.63) is 22.5 Å². The van der Waals surface area contributed by atoms with Crippen LogP contribution < -0.4 is 5.32 Å². The molecular weight excluding hydrogens is 266 g/mol. The summed E-state index contributed by atoms with van der Waals surface area (Å²) in [5.74, 6) is 0. The first kappa shape index (κ1) is 15.9. The molecule has 2 heterocycles. The molecule has 1 fully saturated rings. The highest BCUT2D eigenvalue weighted by Crippen LogP contribution is 2.16. The van der Waals surface area contributed by atoms with Crippen LogP contribution in [0.4, 0.5) is 0 Å². The van der Waals surface area contributed by atoms with E-state index in [4.69, 9.17) is 0 Å². The fraction of sp³-hybridized carbons (Fsp3) is 0.625. The van der Waals surface area contributed by atoms with Crippen LogP contribution in [0, 0.1) is 6.92 Å². The lowest BCUT2D eigenvalue weighted by Gasteiger charge is -2.14. The minimum Gasteiger partial charge on any atom is -0.355 e. The van der Waals surface area contributed by atoms with E-state index in [1.807, 2.05) is 6.92 Å². The number of hydrogen-bond donors (Lipinski definition) is 2. The van der Waals surface area contributed by atoms with Gasteiger partial charge in [0.1, 0.15) is 0 Å². The molecule has 116 valence electrons. The first-order chi connectivity index (χ1) is 10.3. The number of aromatic amines is 1. The molecule has 1 aliphatic heterocycles. The number of H-pyrrole nitrogens is 1. The van der Waals surface area contributed by atoms with Gasteiger partial charge in [0, 0.05) is 24.3 Å². The van der Waals surface area contributed by atoms with E-state index in [2.05, 4.69) is 15.2 Å². The van der Waals surface area contributed by atoms with E-state index >= 15 is 0 Å². The molecule has 0 atom stereocenters. The lowest BCUT2D eigenvalue weighted by molar-refractivity contribution is 0.111. The van der Waals surface area contributed by atoms with E-state index in [-0.39, 0.29) is 0 Å². The number of aromatic nitrogens is 1. The van der Waals surface area contributed by atoms with Gasteiger partial charge in [0.2, 0.25) is 0 Å². The van der Waals surface area contributed by atoms with Crippen molar-refractivity contribution in [3.8, 4) is 0 Å². The van der Waals surface area contributed by atoms with Gasteiger partial charge >= 0.3 is 0 Å². The molecular formula is C16H25N3O2. The molecule has 1 saturated heterocycles. The maximum absolute atomic E-state index is 11.1. The average Bonchev–Trinajstić information content (AvgIpc) is 3.10. The topological polar surface area (TPSA) is 65.2 Å². The SMILES string of the molecule is Cc1c(C=O)[nH]c(CCCNCCN2CCCC2)c1C=O. The van der Waals surface area contributed by atoms with Crippen molar-refractivity contribution in [3.63, 3.8) is 0 Å². The number of carbonyl (C=O) groups is 2. The number of rotatable bonds is 9. The highest BCUT2D eigenvalue weighted by Gasteiger charge is 2.13. The maximum Gasteiger partial charge on any atom is 0.166 e. The summed E-state index contributed by atoms with van der Waals surface area (Å²) in [5.41, 5.74) is 2.81. The van der Waals surface area contributed by atoms with E-state index in [9.17, 15) is 9.59 Å². The number of hydrogen-bond acceptors (Lipinski definition) is 4. The summed E-state index contributed by atoms with van der Waals surface area (Å²) in [6, 6.07) is 0. The number of nitrogens with zero attached hydrogens (tertiary/aromatic N) is 1. The molecule has 0 aromatic carbocycles. The van der Waals surface area contributed by atoms with Crippen LogP contribution in [0.2, 0.25) is 0 Å². The molecule has 2 rings (SSSR count). The first-order valence-electron chi connectivity index (χ1n) is 7.81. The van der Waals surface area contributed by atoms with Crippen molar-refractivity contribution in [2.75, 3.05) is 32.7 Å². The van der Waals surface area contributed by atoms with Crippen LogP contribution in [0.5, 0.6) is 0 Å². The zero-order valence-electron chi connectivity index (χ0n) is 12.8. The van der Waals surface area contributed by atoms with Crippen molar-refractivity contribution < 1.29 is 9.59 Å². The zero-order valence-corrected chi connectivity index (χ0v) is 12.8. The standard InChI is InChI=1S/C16H25N3O2/c1-13-14(11-20)15(18-16(13)12-21)5-4-6-17-7-10-19-8-2-3-9-19/h11-12,17-18H,2-10H2,1H3. The molecule has 0 unspecified atom stereocenters. The number of aryl methyl sites for hydroxylation is 1. The third-order valence-electron chi connectivity index (χ3n) is 4.24. The predicted molar refractivity (Wildman–Crippen MR) is 83.2 cm³/mol. The van der Waals surface area contributed by atoms with E-state index < -0.39 is 0 Å². The van der Waals surface area contributed by atoms with Crippen LogP contribution in [0.15, 0.2) is 0 Å². The molecule has 21 heavy (non-hydrogen) atoms. The van der Waals surface area contributed by atoms with Crippen LogP contribution in [-0.4, -0.2) is 55.2 Å². The Bertz CT molecular complexity index is 476. The van der Waals surface area contributed by atoms with E-state index in [1.54, 1.807) is 0 Å². The molecule has 0 spiro atoms. The summed E-state index contributed by atoms with van der Waals surface area (Å²) in [6.45, 7) is 7.35. The number of aldehydes is 2. The smallest absolute Gasteiger partial charge is 0.166 e. The van der Waals surface area contributed by atoms with Gasteiger partial charge in [0.25, 0.3) is 0 Å².